The molecule has 1 heterocycles. The molecule has 1 amide bonds. The van der Waals surface area contributed by atoms with E-state index < -0.39 is 34.4 Å². The van der Waals surface area contributed by atoms with E-state index in [1.807, 2.05) is 0 Å². The van der Waals surface area contributed by atoms with Gasteiger partial charge < -0.3 is 15.1 Å². The Balaban J connectivity index is 2.06. The van der Waals surface area contributed by atoms with Crippen molar-refractivity contribution in [1.82, 2.24) is 4.90 Å². The van der Waals surface area contributed by atoms with Crippen LogP contribution in [0.1, 0.15) is 42.9 Å². The molecule has 2 aromatic carbocycles. The third-order valence-corrected chi connectivity index (χ3v) is 5.90. The second-order valence-corrected chi connectivity index (χ2v) is 8.44. The molecule has 0 aliphatic carbocycles. The van der Waals surface area contributed by atoms with Crippen molar-refractivity contribution in [3.63, 3.8) is 0 Å². The quantitative estimate of drug-likeness (QED) is 0.125. The van der Waals surface area contributed by atoms with Gasteiger partial charge in [0.1, 0.15) is 5.76 Å². The number of para-hydroxylation sites is 1. The molecule has 1 saturated heterocycles. The van der Waals surface area contributed by atoms with Gasteiger partial charge in [0, 0.05) is 29.1 Å². The lowest BCUT2D eigenvalue weighted by Crippen LogP contribution is -2.31. The first kappa shape index (κ1) is 24.1. The Hall–Kier alpha value is -3.53. The van der Waals surface area contributed by atoms with Gasteiger partial charge in [-0.2, -0.15) is 0 Å². The second kappa shape index (κ2) is 10.4. The van der Waals surface area contributed by atoms with Crippen LogP contribution in [-0.2, 0) is 14.4 Å². The SMILES string of the molecule is O=C(O)CCCCCN1C(=O)C(=O)C(=C(O)c2ccc(Br)cc2)C1c1ccccc1[N+](=O)[O-]. The van der Waals surface area contributed by atoms with Crippen molar-refractivity contribution in [1.29, 1.82) is 0 Å². The van der Waals surface area contributed by atoms with Crippen LogP contribution in [0.25, 0.3) is 5.76 Å². The number of aliphatic hydroxyl groups is 1. The van der Waals surface area contributed by atoms with Crippen molar-refractivity contribution in [2.75, 3.05) is 6.54 Å². The molecule has 1 aliphatic rings. The fourth-order valence-corrected chi connectivity index (χ4v) is 4.08. The van der Waals surface area contributed by atoms with E-state index in [1.165, 1.54) is 23.1 Å². The molecule has 0 spiro atoms. The van der Waals surface area contributed by atoms with Crippen molar-refractivity contribution < 1.29 is 29.5 Å². The first-order valence-electron chi connectivity index (χ1n) is 10.2. The van der Waals surface area contributed by atoms with Crippen LogP contribution in [0.2, 0.25) is 0 Å². The highest BCUT2D eigenvalue weighted by atomic mass is 79.9. The maximum Gasteiger partial charge on any atom is 0.303 e. The molecule has 0 bridgehead atoms. The fourth-order valence-electron chi connectivity index (χ4n) is 3.82. The summed E-state index contributed by atoms with van der Waals surface area (Å²) in [5.74, 6) is -3.14. The van der Waals surface area contributed by atoms with Gasteiger partial charge in [-0.25, -0.2) is 0 Å². The highest BCUT2D eigenvalue weighted by Crippen LogP contribution is 2.42. The minimum atomic E-state index is -1.14. The fraction of sp³-hybridized carbons (Fsp3) is 0.261. The van der Waals surface area contributed by atoms with Gasteiger partial charge in [-0.1, -0.05) is 46.6 Å². The molecule has 1 fully saturated rings. The molecule has 3 rings (SSSR count). The van der Waals surface area contributed by atoms with Crippen molar-refractivity contribution >= 4 is 45.0 Å². The van der Waals surface area contributed by atoms with Gasteiger partial charge in [-0.3, -0.25) is 24.5 Å². The van der Waals surface area contributed by atoms with Crippen molar-refractivity contribution in [2.45, 2.75) is 31.7 Å². The number of nitro benzene ring substituents is 1. The molecule has 0 radical (unpaired) electrons. The van der Waals surface area contributed by atoms with E-state index in [9.17, 15) is 29.6 Å². The summed E-state index contributed by atoms with van der Waals surface area (Å²) in [6.45, 7) is 0.0814. The summed E-state index contributed by atoms with van der Waals surface area (Å²) < 4.78 is 0.746. The number of aliphatic hydroxyl groups excluding tert-OH is 1. The number of likely N-dealkylation sites (tertiary alicyclic amines) is 1. The number of amides is 1. The smallest absolute Gasteiger partial charge is 0.303 e. The van der Waals surface area contributed by atoms with Crippen molar-refractivity contribution in [3.8, 4) is 0 Å². The third-order valence-electron chi connectivity index (χ3n) is 5.38. The Morgan fingerprint density at radius 2 is 1.70 bits per heavy atom. The van der Waals surface area contributed by atoms with Crippen molar-refractivity contribution in [3.05, 3.63) is 79.8 Å². The van der Waals surface area contributed by atoms with Crippen LogP contribution in [0, 0.1) is 10.1 Å². The number of aliphatic carboxylic acids is 1. The number of rotatable bonds is 9. The normalized spacial score (nSPS) is 17.4. The summed E-state index contributed by atoms with van der Waals surface area (Å²) in [4.78, 5) is 48.9. The molecule has 1 atom stereocenters. The molecule has 1 aliphatic heterocycles. The van der Waals surface area contributed by atoms with Crippen LogP contribution in [0.4, 0.5) is 5.69 Å². The van der Waals surface area contributed by atoms with Gasteiger partial charge in [0.25, 0.3) is 17.4 Å². The van der Waals surface area contributed by atoms with Gasteiger partial charge in [0.2, 0.25) is 0 Å². The standard InChI is InChI=1S/C23H21BrN2O7/c24-15-11-9-14(10-12-15)21(29)19-20(16-6-3-4-7-17(16)26(32)33)25(23(31)22(19)30)13-5-1-2-8-18(27)28/h3-4,6-7,9-12,20,29H,1-2,5,8,13H2,(H,27,28). The Morgan fingerprint density at radius 1 is 1.03 bits per heavy atom. The Kier molecular flexibility index (Phi) is 7.59. The third kappa shape index (κ3) is 5.28. The number of carbonyl (C=O) groups is 3. The number of benzene rings is 2. The number of nitro groups is 1. The van der Waals surface area contributed by atoms with Gasteiger partial charge >= 0.3 is 5.97 Å². The molecule has 0 saturated carbocycles. The number of Topliss-reactive ketones (excluding diaryl/α,β-unsaturated/α-hetero) is 1. The van der Waals surface area contributed by atoms with E-state index >= 15 is 0 Å². The molecule has 172 valence electrons. The minimum Gasteiger partial charge on any atom is -0.507 e. The summed E-state index contributed by atoms with van der Waals surface area (Å²) in [5, 5.41) is 31.4. The zero-order valence-electron chi connectivity index (χ0n) is 17.4. The number of carbonyl (C=O) groups excluding carboxylic acids is 2. The number of hydrogen-bond donors (Lipinski definition) is 2. The Bertz CT molecular complexity index is 1130. The first-order chi connectivity index (χ1) is 15.7. The lowest BCUT2D eigenvalue weighted by atomic mass is 9.94. The molecular formula is C23H21BrN2O7. The summed E-state index contributed by atoms with van der Waals surface area (Å²) >= 11 is 3.29. The van der Waals surface area contributed by atoms with Crippen LogP contribution in [0.15, 0.2) is 58.6 Å². The Labute approximate surface area is 197 Å². The molecule has 2 aromatic rings. The average Bonchev–Trinajstić information content (AvgIpc) is 3.03. The molecule has 10 heteroatoms. The van der Waals surface area contributed by atoms with E-state index in [0.717, 1.165) is 4.47 Å². The molecule has 0 aromatic heterocycles. The van der Waals surface area contributed by atoms with E-state index in [2.05, 4.69) is 15.9 Å². The molecule has 1 unspecified atom stereocenters. The monoisotopic (exact) mass is 516 g/mol. The van der Waals surface area contributed by atoms with Crippen molar-refractivity contribution in [2.24, 2.45) is 0 Å². The Morgan fingerprint density at radius 3 is 2.33 bits per heavy atom. The number of nitrogens with zero attached hydrogens (tertiary/aromatic N) is 2. The summed E-state index contributed by atoms with van der Waals surface area (Å²) in [6.07, 6.45) is 1.27. The topological polar surface area (TPSA) is 138 Å². The maximum absolute atomic E-state index is 13.0. The second-order valence-electron chi connectivity index (χ2n) is 7.52. The molecule has 2 N–H and O–H groups in total. The zero-order chi connectivity index (χ0) is 24.1. The number of hydrogen-bond acceptors (Lipinski definition) is 6. The van der Waals surface area contributed by atoms with Gasteiger partial charge in [0.05, 0.1) is 22.1 Å². The highest BCUT2D eigenvalue weighted by Gasteiger charge is 2.47. The number of ketones is 1. The predicted molar refractivity (Wildman–Crippen MR) is 122 cm³/mol. The van der Waals surface area contributed by atoms with Gasteiger partial charge in [0.15, 0.2) is 0 Å². The summed E-state index contributed by atoms with van der Waals surface area (Å²) in [6, 6.07) is 11.1. The zero-order valence-corrected chi connectivity index (χ0v) is 19.0. The number of halogens is 1. The largest absolute Gasteiger partial charge is 0.507 e. The number of carboxylic acid groups (broad SMARTS) is 1. The first-order valence-corrected chi connectivity index (χ1v) is 11.0. The maximum atomic E-state index is 13.0. The summed E-state index contributed by atoms with van der Waals surface area (Å²) in [7, 11) is 0. The van der Waals surface area contributed by atoms with E-state index in [-0.39, 0.29) is 29.8 Å². The predicted octanol–water partition coefficient (Wildman–Crippen LogP) is 4.42. The lowest BCUT2D eigenvalue weighted by Gasteiger charge is -2.25. The van der Waals surface area contributed by atoms with Gasteiger partial charge in [-0.15, -0.1) is 0 Å². The molecule has 9 nitrogen and oxygen atoms in total. The van der Waals surface area contributed by atoms with E-state index in [1.54, 1.807) is 30.3 Å². The van der Waals surface area contributed by atoms with Crippen LogP contribution >= 0.6 is 15.9 Å². The molecular weight excluding hydrogens is 496 g/mol. The number of carboxylic acids is 1. The molecule has 33 heavy (non-hydrogen) atoms. The minimum absolute atomic E-state index is 0.0179. The van der Waals surface area contributed by atoms with Gasteiger partial charge in [-0.05, 0) is 31.0 Å². The summed E-state index contributed by atoms with van der Waals surface area (Å²) in [5.41, 5.74) is -0.0868. The van der Waals surface area contributed by atoms with E-state index in [0.29, 0.717) is 24.8 Å². The van der Waals surface area contributed by atoms with E-state index in [4.69, 9.17) is 5.11 Å². The average molecular weight is 517 g/mol. The van der Waals surface area contributed by atoms with Crippen LogP contribution in [-0.4, -0.2) is 44.2 Å². The lowest BCUT2D eigenvalue weighted by molar-refractivity contribution is -0.385. The number of unbranched alkanes of at least 4 members (excludes halogenated alkanes) is 2. The van der Waals surface area contributed by atoms with Crippen LogP contribution in [0.3, 0.4) is 0 Å². The highest BCUT2D eigenvalue weighted by molar-refractivity contribution is 9.10. The van der Waals surface area contributed by atoms with Crippen LogP contribution in [0.5, 0.6) is 0 Å². The van der Waals surface area contributed by atoms with Crippen LogP contribution < -0.4 is 0 Å².